The van der Waals surface area contributed by atoms with Crippen LogP contribution in [0.3, 0.4) is 0 Å². The van der Waals surface area contributed by atoms with Crippen LogP contribution in [0.25, 0.3) is 0 Å². The van der Waals surface area contributed by atoms with Crippen molar-refractivity contribution in [3.63, 3.8) is 0 Å². The maximum atomic E-state index is 13.7. The molecule has 2 aromatic carbocycles. The Balaban J connectivity index is 2.24. The summed E-state index contributed by atoms with van der Waals surface area (Å²) in [6, 6.07) is 14.0. The van der Waals surface area contributed by atoms with Crippen molar-refractivity contribution in [1.29, 1.82) is 0 Å². The van der Waals surface area contributed by atoms with Crippen LogP contribution in [0.4, 0.5) is 4.39 Å². The van der Waals surface area contributed by atoms with Gasteiger partial charge in [0.15, 0.2) is 0 Å². The Labute approximate surface area is 129 Å². The van der Waals surface area contributed by atoms with E-state index in [4.69, 9.17) is 0 Å². The molecule has 0 aliphatic heterocycles. The highest BCUT2D eigenvalue weighted by atomic mass is 79.9. The molecule has 2 rings (SSSR count). The summed E-state index contributed by atoms with van der Waals surface area (Å²) in [7, 11) is 0. The van der Waals surface area contributed by atoms with Crippen LogP contribution < -0.4 is 0 Å². The van der Waals surface area contributed by atoms with Gasteiger partial charge in [0, 0.05) is 0 Å². The van der Waals surface area contributed by atoms with Crippen molar-refractivity contribution in [2.75, 3.05) is 0 Å². The van der Waals surface area contributed by atoms with Gasteiger partial charge in [-0.1, -0.05) is 66.2 Å². The van der Waals surface area contributed by atoms with Crippen LogP contribution in [0.5, 0.6) is 0 Å². The fraction of sp³-hybridized carbons (Fsp3) is 0.333. The van der Waals surface area contributed by atoms with Gasteiger partial charge < -0.3 is 0 Å². The predicted molar refractivity (Wildman–Crippen MR) is 87.1 cm³/mol. The lowest BCUT2D eigenvalue weighted by Crippen LogP contribution is -1.96. The minimum atomic E-state index is -0.150. The second kappa shape index (κ2) is 6.53. The minimum Gasteiger partial charge on any atom is -0.207 e. The summed E-state index contributed by atoms with van der Waals surface area (Å²) in [5, 5.41) is 0. The molecule has 0 fully saturated rings. The number of alkyl halides is 1. The fourth-order valence-corrected chi connectivity index (χ4v) is 2.78. The van der Waals surface area contributed by atoms with Crippen LogP contribution in [0.15, 0.2) is 42.5 Å². The molecule has 2 unspecified atom stereocenters. The van der Waals surface area contributed by atoms with Crippen molar-refractivity contribution >= 4 is 15.9 Å². The lowest BCUT2D eigenvalue weighted by atomic mass is 9.96. The van der Waals surface area contributed by atoms with Gasteiger partial charge in [0.25, 0.3) is 0 Å². The number of rotatable bonds is 4. The van der Waals surface area contributed by atoms with E-state index in [1.165, 1.54) is 5.56 Å². The first kappa shape index (κ1) is 15.2. The summed E-state index contributed by atoms with van der Waals surface area (Å²) in [4.78, 5) is 0.0311. The number of hydrogen-bond donors (Lipinski definition) is 0. The molecule has 0 aliphatic rings. The van der Waals surface area contributed by atoms with Crippen LogP contribution in [0, 0.1) is 12.7 Å². The Morgan fingerprint density at radius 2 is 1.55 bits per heavy atom. The molecule has 2 heteroatoms. The molecule has 0 heterocycles. The highest BCUT2D eigenvalue weighted by molar-refractivity contribution is 9.09. The van der Waals surface area contributed by atoms with Crippen LogP contribution in [-0.4, -0.2) is 0 Å². The molecular formula is C18H20BrF. The average Bonchev–Trinajstić information content (AvgIpc) is 2.48. The first-order chi connectivity index (χ1) is 9.52. The van der Waals surface area contributed by atoms with Gasteiger partial charge in [-0.05, 0) is 47.6 Å². The highest BCUT2D eigenvalue weighted by Gasteiger charge is 2.12. The van der Waals surface area contributed by atoms with Crippen LogP contribution in [0.1, 0.15) is 53.3 Å². The van der Waals surface area contributed by atoms with E-state index in [1.54, 1.807) is 13.0 Å². The van der Waals surface area contributed by atoms with Gasteiger partial charge in [0.05, 0.1) is 4.83 Å². The number of benzene rings is 2. The van der Waals surface area contributed by atoms with Gasteiger partial charge in [-0.2, -0.15) is 0 Å². The Kier molecular flexibility index (Phi) is 4.98. The average molecular weight is 335 g/mol. The largest absolute Gasteiger partial charge is 0.207 e. The molecule has 0 saturated carbocycles. The summed E-state index contributed by atoms with van der Waals surface area (Å²) in [5.74, 6) is 0.429. The van der Waals surface area contributed by atoms with Crippen molar-refractivity contribution in [2.24, 2.45) is 0 Å². The first-order valence-corrected chi connectivity index (χ1v) is 7.94. The number of aryl methyl sites for hydroxylation is 1. The van der Waals surface area contributed by atoms with Gasteiger partial charge >= 0.3 is 0 Å². The van der Waals surface area contributed by atoms with E-state index < -0.39 is 0 Å². The van der Waals surface area contributed by atoms with Crippen LogP contribution in [-0.2, 0) is 0 Å². The molecule has 0 spiro atoms. The maximum Gasteiger partial charge on any atom is 0.126 e. The Hall–Kier alpha value is -1.15. The smallest absolute Gasteiger partial charge is 0.126 e. The van der Waals surface area contributed by atoms with Gasteiger partial charge in [0.1, 0.15) is 5.82 Å². The van der Waals surface area contributed by atoms with Crippen molar-refractivity contribution in [3.05, 3.63) is 70.5 Å². The molecule has 0 amide bonds. The maximum absolute atomic E-state index is 13.7. The van der Waals surface area contributed by atoms with Gasteiger partial charge in [-0.15, -0.1) is 0 Å². The van der Waals surface area contributed by atoms with Crippen LogP contribution in [0.2, 0.25) is 0 Å². The molecule has 2 aromatic rings. The van der Waals surface area contributed by atoms with Crippen molar-refractivity contribution < 1.29 is 4.39 Å². The van der Waals surface area contributed by atoms with E-state index >= 15 is 0 Å². The van der Waals surface area contributed by atoms with Crippen LogP contribution >= 0.6 is 15.9 Å². The van der Waals surface area contributed by atoms with Gasteiger partial charge in [-0.3, -0.25) is 0 Å². The fourth-order valence-electron chi connectivity index (χ4n) is 2.19. The van der Waals surface area contributed by atoms with Gasteiger partial charge in [-0.25, -0.2) is 4.39 Å². The molecule has 2 atom stereocenters. The topological polar surface area (TPSA) is 0 Å². The summed E-state index contributed by atoms with van der Waals surface area (Å²) < 4.78 is 13.7. The summed E-state index contributed by atoms with van der Waals surface area (Å²) >= 11 is 3.66. The molecule has 0 N–H and O–H groups in total. The minimum absolute atomic E-state index is 0.0311. The van der Waals surface area contributed by atoms with Crippen molar-refractivity contribution in [1.82, 2.24) is 0 Å². The van der Waals surface area contributed by atoms with Crippen molar-refractivity contribution in [3.8, 4) is 0 Å². The third-order valence-corrected chi connectivity index (χ3v) is 4.96. The lowest BCUT2D eigenvalue weighted by molar-refractivity contribution is 0.616. The molecule has 0 saturated heterocycles. The summed E-state index contributed by atoms with van der Waals surface area (Å²) in [6.07, 6.45) is 1.14. The van der Waals surface area contributed by atoms with Gasteiger partial charge in [0.2, 0.25) is 0 Å². The normalized spacial score (nSPS) is 14.1. The Bertz CT molecular complexity index is 574. The monoisotopic (exact) mass is 334 g/mol. The number of halogens is 2. The summed E-state index contributed by atoms with van der Waals surface area (Å²) in [6.45, 7) is 6.21. The molecular weight excluding hydrogens is 315 g/mol. The second-order valence-electron chi connectivity index (χ2n) is 5.35. The number of hydrogen-bond acceptors (Lipinski definition) is 0. The lowest BCUT2D eigenvalue weighted by Gasteiger charge is -2.14. The summed E-state index contributed by atoms with van der Waals surface area (Å²) in [5.41, 5.74) is 4.14. The molecule has 0 aliphatic carbocycles. The van der Waals surface area contributed by atoms with Crippen molar-refractivity contribution in [2.45, 2.75) is 37.9 Å². The predicted octanol–water partition coefficient (Wildman–Crippen LogP) is 6.13. The quantitative estimate of drug-likeness (QED) is 0.590. The molecule has 0 aromatic heterocycles. The molecule has 0 bridgehead atoms. The highest BCUT2D eigenvalue weighted by Crippen LogP contribution is 2.32. The van der Waals surface area contributed by atoms with E-state index in [2.05, 4.69) is 54.0 Å². The van der Waals surface area contributed by atoms with E-state index in [-0.39, 0.29) is 10.6 Å². The Morgan fingerprint density at radius 3 is 2.10 bits per heavy atom. The molecule has 0 radical (unpaired) electrons. The zero-order valence-electron chi connectivity index (χ0n) is 12.2. The van der Waals surface area contributed by atoms with E-state index in [0.29, 0.717) is 11.5 Å². The molecule has 0 nitrogen and oxygen atoms in total. The third-order valence-electron chi connectivity index (χ3n) is 3.90. The third kappa shape index (κ3) is 3.29. The standard InChI is InChI=1S/C18H20BrF/c1-4-12(2)14-7-9-15(10-8-14)18(19)16-6-5-13(3)17(20)11-16/h5-12,18H,4H2,1-3H3. The zero-order valence-corrected chi connectivity index (χ0v) is 13.7. The zero-order chi connectivity index (χ0) is 14.7. The van der Waals surface area contributed by atoms with E-state index in [1.807, 2.05) is 12.1 Å². The first-order valence-electron chi connectivity index (χ1n) is 7.03. The van der Waals surface area contributed by atoms with E-state index in [9.17, 15) is 4.39 Å². The second-order valence-corrected chi connectivity index (χ2v) is 6.26. The van der Waals surface area contributed by atoms with E-state index in [0.717, 1.165) is 17.5 Å². The Morgan fingerprint density at radius 1 is 1.00 bits per heavy atom. The molecule has 106 valence electrons. The SMILES string of the molecule is CCC(C)c1ccc(C(Br)c2ccc(C)c(F)c2)cc1. The molecule has 20 heavy (non-hydrogen) atoms.